The second kappa shape index (κ2) is 8.01. The topological polar surface area (TPSA) is 50.7 Å². The molecule has 3 rings (SSSR count). The van der Waals surface area contributed by atoms with Gasteiger partial charge in [0.15, 0.2) is 8.32 Å². The molecule has 2 aromatic rings. The molecule has 1 aliphatic heterocycles. The quantitative estimate of drug-likeness (QED) is 0.704. The molecule has 2 aromatic carbocycles. The Bertz CT molecular complexity index is 870. The van der Waals surface area contributed by atoms with Gasteiger partial charge in [-0.05, 0) is 24.2 Å². The number of nitrogens with zero attached hydrogens (tertiary/aromatic N) is 1. The maximum atomic E-state index is 12.8. The highest BCUT2D eigenvalue weighted by atomic mass is 28.4. The Kier molecular flexibility index (Phi) is 5.86. The average Bonchev–Trinajstić information content (AvgIpc) is 2.78. The van der Waals surface area contributed by atoms with Gasteiger partial charge >= 0.3 is 0 Å². The third kappa shape index (κ3) is 4.42. The van der Waals surface area contributed by atoms with E-state index in [0.717, 1.165) is 22.5 Å². The fraction of sp³-hybridized carbons (Fsp3) is 0.391. The fourth-order valence-corrected chi connectivity index (χ4v) is 4.02. The van der Waals surface area contributed by atoms with Gasteiger partial charge in [-0.2, -0.15) is 0 Å². The first-order chi connectivity index (χ1) is 13.2. The van der Waals surface area contributed by atoms with Crippen LogP contribution in [0.4, 0.5) is 5.69 Å². The van der Waals surface area contributed by atoms with Crippen LogP contribution in [0.3, 0.4) is 0 Å². The van der Waals surface area contributed by atoms with Crippen LogP contribution < -0.4 is 5.32 Å². The molecule has 0 saturated carbocycles. The van der Waals surface area contributed by atoms with Crippen LogP contribution in [0.15, 0.2) is 59.6 Å². The molecule has 5 heteroatoms. The van der Waals surface area contributed by atoms with E-state index in [0.29, 0.717) is 13.0 Å². The summed E-state index contributed by atoms with van der Waals surface area (Å²) in [5.74, 6) is -0.0720. The highest BCUT2D eigenvalue weighted by Gasteiger charge is 2.37. The maximum absolute atomic E-state index is 12.8. The van der Waals surface area contributed by atoms with Crippen molar-refractivity contribution in [2.75, 3.05) is 11.9 Å². The van der Waals surface area contributed by atoms with Crippen LogP contribution in [0.2, 0.25) is 18.1 Å². The zero-order valence-electron chi connectivity index (χ0n) is 17.5. The first-order valence-corrected chi connectivity index (χ1v) is 12.8. The predicted molar refractivity (Wildman–Crippen MR) is 119 cm³/mol. The number of carbonyl (C=O) groups is 1. The van der Waals surface area contributed by atoms with Crippen molar-refractivity contribution >= 4 is 25.6 Å². The summed E-state index contributed by atoms with van der Waals surface area (Å²) in [6.45, 7) is 11.7. The van der Waals surface area contributed by atoms with E-state index in [9.17, 15) is 4.79 Å². The van der Waals surface area contributed by atoms with Crippen LogP contribution in [0, 0.1) is 0 Å². The van der Waals surface area contributed by atoms with Crippen molar-refractivity contribution in [3.8, 4) is 0 Å². The zero-order valence-corrected chi connectivity index (χ0v) is 18.5. The van der Waals surface area contributed by atoms with Crippen molar-refractivity contribution in [1.29, 1.82) is 0 Å². The minimum absolute atomic E-state index is 0.0720. The number of para-hydroxylation sites is 1. The van der Waals surface area contributed by atoms with Crippen molar-refractivity contribution in [3.63, 3.8) is 0 Å². The van der Waals surface area contributed by atoms with Crippen molar-refractivity contribution in [2.24, 2.45) is 4.99 Å². The number of hydrogen-bond donors (Lipinski definition) is 1. The van der Waals surface area contributed by atoms with E-state index < -0.39 is 14.4 Å². The Morgan fingerprint density at radius 2 is 1.68 bits per heavy atom. The zero-order chi connectivity index (χ0) is 20.4. The molecule has 1 N–H and O–H groups in total. The van der Waals surface area contributed by atoms with Gasteiger partial charge in [-0.3, -0.25) is 9.79 Å². The molecular formula is C23H30N2O2Si. The van der Waals surface area contributed by atoms with Crippen molar-refractivity contribution in [1.82, 2.24) is 0 Å². The fourth-order valence-electron chi connectivity index (χ4n) is 2.96. The second-order valence-electron chi connectivity index (χ2n) is 8.79. The number of anilines is 1. The monoisotopic (exact) mass is 394 g/mol. The van der Waals surface area contributed by atoms with Gasteiger partial charge in [0.05, 0.1) is 11.4 Å². The minimum Gasteiger partial charge on any atom is -0.417 e. The van der Waals surface area contributed by atoms with Crippen molar-refractivity contribution in [3.05, 3.63) is 65.7 Å². The molecule has 1 amide bonds. The highest BCUT2D eigenvalue weighted by Crippen LogP contribution is 2.36. The van der Waals surface area contributed by atoms with E-state index in [-0.39, 0.29) is 10.9 Å². The SMILES string of the molecule is CC(C)(C)[Si](C)(C)OCCC1N=C(c2ccccc2)c2ccccc2NC1=O. The standard InChI is InChI=1S/C23H30N2O2Si/c1-23(2,3)28(4,5)27-16-15-20-22(26)25-19-14-10-9-13-18(19)21(24-20)17-11-7-6-8-12-17/h6-14,20H,15-16H2,1-5H3,(H,25,26). The summed E-state index contributed by atoms with van der Waals surface area (Å²) < 4.78 is 6.29. The number of hydrogen-bond acceptors (Lipinski definition) is 3. The molecule has 28 heavy (non-hydrogen) atoms. The number of rotatable bonds is 5. The summed E-state index contributed by atoms with van der Waals surface area (Å²) in [7, 11) is -1.85. The summed E-state index contributed by atoms with van der Waals surface area (Å²) in [6.07, 6.45) is 0.572. The molecule has 0 saturated heterocycles. The van der Waals surface area contributed by atoms with Crippen LogP contribution in [0.5, 0.6) is 0 Å². The number of benzene rings is 2. The first-order valence-electron chi connectivity index (χ1n) is 9.86. The molecule has 0 spiro atoms. The van der Waals surface area contributed by atoms with E-state index >= 15 is 0 Å². The van der Waals surface area contributed by atoms with E-state index in [2.05, 4.69) is 39.2 Å². The Balaban J connectivity index is 1.87. The average molecular weight is 395 g/mol. The molecule has 0 aliphatic carbocycles. The van der Waals surface area contributed by atoms with Crippen LogP contribution in [0.1, 0.15) is 38.3 Å². The number of benzodiazepines with no additional fused rings is 1. The summed E-state index contributed by atoms with van der Waals surface area (Å²) in [5.41, 5.74) is 3.63. The van der Waals surface area contributed by atoms with Gasteiger partial charge in [-0.25, -0.2) is 0 Å². The number of nitrogens with one attached hydrogen (secondary N) is 1. The number of fused-ring (bicyclic) bond motifs is 1. The highest BCUT2D eigenvalue weighted by molar-refractivity contribution is 6.74. The van der Waals surface area contributed by atoms with Crippen molar-refractivity contribution in [2.45, 2.75) is 51.4 Å². The summed E-state index contributed by atoms with van der Waals surface area (Å²) >= 11 is 0. The smallest absolute Gasteiger partial charge is 0.249 e. The molecule has 0 radical (unpaired) electrons. The number of aliphatic imine (C=N–C) groups is 1. The molecule has 0 aromatic heterocycles. The summed E-state index contributed by atoms with van der Waals surface area (Å²) in [4.78, 5) is 17.7. The third-order valence-corrected chi connectivity index (χ3v) is 10.3. The summed E-state index contributed by atoms with van der Waals surface area (Å²) in [6, 6.07) is 17.4. The van der Waals surface area contributed by atoms with Gasteiger partial charge in [0, 0.05) is 24.2 Å². The summed E-state index contributed by atoms with van der Waals surface area (Å²) in [5, 5.41) is 3.20. The predicted octanol–water partition coefficient (Wildman–Crippen LogP) is 5.26. The molecule has 1 atom stereocenters. The van der Waals surface area contributed by atoms with Crippen LogP contribution in [-0.2, 0) is 9.22 Å². The molecule has 1 unspecified atom stereocenters. The second-order valence-corrected chi connectivity index (χ2v) is 13.6. The lowest BCUT2D eigenvalue weighted by Gasteiger charge is -2.36. The molecule has 148 valence electrons. The van der Waals surface area contributed by atoms with E-state index in [1.807, 2.05) is 54.6 Å². The molecule has 0 bridgehead atoms. The Labute approximate surface area is 169 Å². The van der Waals surface area contributed by atoms with Crippen LogP contribution in [-0.4, -0.2) is 32.6 Å². The molecular weight excluding hydrogens is 364 g/mol. The minimum atomic E-state index is -1.85. The Morgan fingerprint density at radius 1 is 1.04 bits per heavy atom. The largest absolute Gasteiger partial charge is 0.417 e. The van der Waals surface area contributed by atoms with Gasteiger partial charge in [0.1, 0.15) is 6.04 Å². The number of amides is 1. The van der Waals surface area contributed by atoms with Gasteiger partial charge in [0.2, 0.25) is 5.91 Å². The van der Waals surface area contributed by atoms with Gasteiger partial charge in [-0.1, -0.05) is 69.3 Å². The Hall–Kier alpha value is -2.24. The number of carbonyl (C=O) groups excluding carboxylic acids is 1. The van der Waals surface area contributed by atoms with Gasteiger partial charge < -0.3 is 9.74 Å². The van der Waals surface area contributed by atoms with Crippen LogP contribution in [0.25, 0.3) is 0 Å². The van der Waals surface area contributed by atoms with Crippen LogP contribution >= 0.6 is 0 Å². The molecule has 1 heterocycles. The molecule has 1 aliphatic rings. The lowest BCUT2D eigenvalue weighted by atomic mass is 10.0. The third-order valence-electron chi connectivity index (χ3n) is 5.74. The van der Waals surface area contributed by atoms with E-state index in [1.54, 1.807) is 0 Å². The van der Waals surface area contributed by atoms with Crippen molar-refractivity contribution < 1.29 is 9.22 Å². The molecule has 0 fully saturated rings. The molecule has 4 nitrogen and oxygen atoms in total. The Morgan fingerprint density at radius 3 is 2.36 bits per heavy atom. The van der Waals surface area contributed by atoms with Gasteiger partial charge in [-0.15, -0.1) is 0 Å². The lowest BCUT2D eigenvalue weighted by Crippen LogP contribution is -2.41. The normalized spacial score (nSPS) is 17.4. The first kappa shape index (κ1) is 20.5. The maximum Gasteiger partial charge on any atom is 0.249 e. The van der Waals surface area contributed by atoms with E-state index in [4.69, 9.17) is 9.42 Å². The van der Waals surface area contributed by atoms with Gasteiger partial charge in [0.25, 0.3) is 0 Å². The van der Waals surface area contributed by atoms with E-state index in [1.165, 1.54) is 0 Å². The lowest BCUT2D eigenvalue weighted by molar-refractivity contribution is -0.117.